The van der Waals surface area contributed by atoms with Gasteiger partial charge in [-0.2, -0.15) is 0 Å². The largest absolute Gasteiger partial charge is 0.313 e. The highest BCUT2D eigenvalue weighted by molar-refractivity contribution is 7.98. The van der Waals surface area contributed by atoms with Crippen molar-refractivity contribution in [2.24, 2.45) is 0 Å². The van der Waals surface area contributed by atoms with Crippen molar-refractivity contribution in [3.63, 3.8) is 0 Å². The van der Waals surface area contributed by atoms with Crippen LogP contribution in [0.3, 0.4) is 0 Å². The Kier molecular flexibility index (Phi) is 6.21. The number of hydrogen-bond acceptors (Lipinski definition) is 2. The van der Waals surface area contributed by atoms with Gasteiger partial charge in [-0.25, -0.2) is 8.78 Å². The maximum absolute atomic E-state index is 13.5. The fraction of sp³-hybridized carbons (Fsp3) is 0.294. The van der Waals surface area contributed by atoms with Gasteiger partial charge in [-0.3, -0.25) is 0 Å². The Morgan fingerprint density at radius 1 is 1.05 bits per heavy atom. The maximum atomic E-state index is 13.5. The summed E-state index contributed by atoms with van der Waals surface area (Å²) in [5.74, 6) is -1.10. The Morgan fingerprint density at radius 2 is 1.81 bits per heavy atom. The van der Waals surface area contributed by atoms with Crippen LogP contribution in [0.1, 0.15) is 24.5 Å². The molecule has 1 nitrogen and oxygen atoms in total. The molecule has 0 aliphatic rings. The van der Waals surface area contributed by atoms with Crippen molar-refractivity contribution in [3.05, 3.63) is 65.2 Å². The fourth-order valence-corrected chi connectivity index (χ4v) is 2.81. The number of halogens is 2. The summed E-state index contributed by atoms with van der Waals surface area (Å²) in [4.78, 5) is 1.05. The van der Waals surface area contributed by atoms with E-state index in [2.05, 4.69) is 24.4 Å². The Labute approximate surface area is 128 Å². The van der Waals surface area contributed by atoms with E-state index in [1.54, 1.807) is 6.07 Å². The SMILES string of the molecule is CCCNCc1ccc(SCc2cccc(F)c2F)cc1. The molecular formula is C17H19F2NS. The summed E-state index contributed by atoms with van der Waals surface area (Å²) in [6.45, 7) is 4.00. The summed E-state index contributed by atoms with van der Waals surface area (Å²) in [6.07, 6.45) is 1.12. The third-order valence-corrected chi connectivity index (χ3v) is 4.17. The molecular weight excluding hydrogens is 288 g/mol. The van der Waals surface area contributed by atoms with Crippen LogP contribution in [0.5, 0.6) is 0 Å². The van der Waals surface area contributed by atoms with E-state index in [0.717, 1.165) is 30.5 Å². The minimum Gasteiger partial charge on any atom is -0.313 e. The molecule has 2 aromatic carbocycles. The molecule has 4 heteroatoms. The number of hydrogen-bond donors (Lipinski definition) is 1. The van der Waals surface area contributed by atoms with E-state index in [1.165, 1.54) is 23.4 Å². The topological polar surface area (TPSA) is 12.0 Å². The van der Waals surface area contributed by atoms with Crippen LogP contribution >= 0.6 is 11.8 Å². The molecule has 1 N–H and O–H groups in total. The van der Waals surface area contributed by atoms with Gasteiger partial charge in [0.05, 0.1) is 0 Å². The average molecular weight is 307 g/mol. The maximum Gasteiger partial charge on any atom is 0.162 e. The summed E-state index contributed by atoms with van der Waals surface area (Å²) in [5.41, 5.74) is 1.62. The molecule has 0 saturated heterocycles. The monoisotopic (exact) mass is 307 g/mol. The van der Waals surface area contributed by atoms with Crippen LogP contribution in [0.15, 0.2) is 47.4 Å². The van der Waals surface area contributed by atoms with Crippen molar-refractivity contribution in [3.8, 4) is 0 Å². The standard InChI is InChI=1S/C17H19F2NS/c1-2-10-20-11-13-6-8-15(9-7-13)21-12-14-4-3-5-16(18)17(14)19/h3-9,20H,2,10-12H2,1H3. The third-order valence-electron chi connectivity index (χ3n) is 3.11. The molecule has 0 unspecified atom stereocenters. The normalized spacial score (nSPS) is 10.8. The lowest BCUT2D eigenvalue weighted by Crippen LogP contribution is -2.13. The van der Waals surface area contributed by atoms with Gasteiger partial charge in [-0.05, 0) is 36.7 Å². The first-order valence-corrected chi connectivity index (χ1v) is 8.04. The fourth-order valence-electron chi connectivity index (χ4n) is 1.93. The third kappa shape index (κ3) is 4.83. The first-order valence-electron chi connectivity index (χ1n) is 7.06. The second-order valence-corrected chi connectivity index (χ2v) is 5.87. The molecule has 0 aromatic heterocycles. The van der Waals surface area contributed by atoms with Gasteiger partial charge in [-0.15, -0.1) is 11.8 Å². The van der Waals surface area contributed by atoms with Gasteiger partial charge in [0.1, 0.15) is 0 Å². The number of rotatable bonds is 7. The van der Waals surface area contributed by atoms with Crippen LogP contribution < -0.4 is 5.32 Å². The first-order chi connectivity index (χ1) is 10.2. The lowest BCUT2D eigenvalue weighted by atomic mass is 10.2. The molecule has 0 aliphatic heterocycles. The van der Waals surface area contributed by atoms with Crippen molar-refractivity contribution in [1.82, 2.24) is 5.32 Å². The number of thioether (sulfide) groups is 1. The van der Waals surface area contributed by atoms with Crippen LogP contribution in [0.4, 0.5) is 8.78 Å². The minimum atomic E-state index is -0.787. The molecule has 0 radical (unpaired) electrons. The second-order valence-electron chi connectivity index (χ2n) is 4.82. The van der Waals surface area contributed by atoms with Gasteiger partial charge in [0, 0.05) is 22.8 Å². The summed E-state index contributed by atoms with van der Waals surface area (Å²) in [7, 11) is 0. The Balaban J connectivity index is 1.90. The molecule has 0 aliphatic carbocycles. The van der Waals surface area contributed by atoms with E-state index in [-0.39, 0.29) is 0 Å². The molecule has 0 spiro atoms. The zero-order chi connectivity index (χ0) is 15.1. The zero-order valence-electron chi connectivity index (χ0n) is 12.0. The Hall–Kier alpha value is -1.39. The molecule has 2 aromatic rings. The average Bonchev–Trinajstić information content (AvgIpc) is 2.50. The van der Waals surface area contributed by atoms with Gasteiger partial charge in [0.15, 0.2) is 11.6 Å². The zero-order valence-corrected chi connectivity index (χ0v) is 12.9. The Bertz CT molecular complexity index is 570. The van der Waals surface area contributed by atoms with Gasteiger partial charge in [0.25, 0.3) is 0 Å². The van der Waals surface area contributed by atoms with Gasteiger partial charge in [0.2, 0.25) is 0 Å². The second kappa shape index (κ2) is 8.15. The Morgan fingerprint density at radius 3 is 2.52 bits per heavy atom. The van der Waals surface area contributed by atoms with Crippen molar-refractivity contribution in [2.45, 2.75) is 30.5 Å². The van der Waals surface area contributed by atoms with Crippen LogP contribution in [0, 0.1) is 11.6 Å². The molecule has 0 atom stereocenters. The van der Waals surface area contributed by atoms with Crippen LogP contribution in [0.25, 0.3) is 0 Å². The van der Waals surface area contributed by atoms with Crippen molar-refractivity contribution in [1.29, 1.82) is 0 Å². The minimum absolute atomic E-state index is 0.397. The van der Waals surface area contributed by atoms with Crippen molar-refractivity contribution in [2.75, 3.05) is 6.54 Å². The van der Waals surface area contributed by atoms with E-state index >= 15 is 0 Å². The first kappa shape index (κ1) is 16.0. The molecule has 112 valence electrons. The van der Waals surface area contributed by atoms with E-state index in [4.69, 9.17) is 0 Å². The van der Waals surface area contributed by atoms with Crippen LogP contribution in [0.2, 0.25) is 0 Å². The highest BCUT2D eigenvalue weighted by atomic mass is 32.2. The van der Waals surface area contributed by atoms with Gasteiger partial charge < -0.3 is 5.32 Å². The smallest absolute Gasteiger partial charge is 0.162 e. The summed E-state index contributed by atoms with van der Waals surface area (Å²) in [5, 5.41) is 3.34. The summed E-state index contributed by atoms with van der Waals surface area (Å²) < 4.78 is 26.7. The molecule has 21 heavy (non-hydrogen) atoms. The number of benzene rings is 2. The molecule has 0 bridgehead atoms. The predicted molar refractivity (Wildman–Crippen MR) is 84.4 cm³/mol. The molecule has 0 fully saturated rings. The summed E-state index contributed by atoms with van der Waals surface area (Å²) >= 11 is 1.51. The highest BCUT2D eigenvalue weighted by Crippen LogP contribution is 2.25. The summed E-state index contributed by atoms with van der Waals surface area (Å²) in [6, 6.07) is 12.5. The molecule has 0 amide bonds. The lowest BCUT2D eigenvalue weighted by Gasteiger charge is -2.06. The predicted octanol–water partition coefficient (Wildman–Crippen LogP) is 4.76. The van der Waals surface area contributed by atoms with Crippen LogP contribution in [-0.2, 0) is 12.3 Å². The van der Waals surface area contributed by atoms with Gasteiger partial charge in [-0.1, -0.05) is 31.2 Å². The van der Waals surface area contributed by atoms with E-state index in [0.29, 0.717) is 11.3 Å². The quantitative estimate of drug-likeness (QED) is 0.585. The lowest BCUT2D eigenvalue weighted by molar-refractivity contribution is 0.502. The molecule has 0 saturated carbocycles. The van der Waals surface area contributed by atoms with Crippen molar-refractivity contribution < 1.29 is 8.78 Å². The number of nitrogens with one attached hydrogen (secondary N) is 1. The van der Waals surface area contributed by atoms with E-state index < -0.39 is 11.6 Å². The van der Waals surface area contributed by atoms with E-state index in [9.17, 15) is 8.78 Å². The highest BCUT2D eigenvalue weighted by Gasteiger charge is 2.07. The van der Waals surface area contributed by atoms with Crippen LogP contribution in [-0.4, -0.2) is 6.54 Å². The molecule has 2 rings (SSSR count). The molecule has 0 heterocycles. The van der Waals surface area contributed by atoms with Gasteiger partial charge >= 0.3 is 0 Å². The van der Waals surface area contributed by atoms with E-state index in [1.807, 2.05) is 12.1 Å². The van der Waals surface area contributed by atoms with Crippen molar-refractivity contribution >= 4 is 11.8 Å².